The molecule has 1 atom stereocenters. The SMILES string of the molecule is Cc1ccccc1C(C)n1c(=S)[nH]c2cc(Cl)ccc21. The van der Waals surface area contributed by atoms with E-state index in [2.05, 4.69) is 47.7 Å². The Hall–Kier alpha value is -1.58. The van der Waals surface area contributed by atoms with E-state index in [1.807, 2.05) is 18.2 Å². The number of fused-ring (bicyclic) bond motifs is 1. The van der Waals surface area contributed by atoms with E-state index in [4.69, 9.17) is 23.8 Å². The maximum Gasteiger partial charge on any atom is 0.178 e. The van der Waals surface area contributed by atoms with Crippen LogP contribution in [0.5, 0.6) is 0 Å². The number of nitrogens with one attached hydrogen (secondary N) is 1. The monoisotopic (exact) mass is 302 g/mol. The molecule has 1 N–H and O–H groups in total. The predicted molar refractivity (Wildman–Crippen MR) is 87.1 cm³/mol. The van der Waals surface area contributed by atoms with Gasteiger partial charge in [0.2, 0.25) is 0 Å². The minimum absolute atomic E-state index is 0.179. The van der Waals surface area contributed by atoms with E-state index in [1.54, 1.807) is 0 Å². The number of nitrogens with zero attached hydrogens (tertiary/aromatic N) is 1. The first-order valence-electron chi connectivity index (χ1n) is 6.53. The van der Waals surface area contributed by atoms with E-state index in [-0.39, 0.29) is 6.04 Å². The quantitative estimate of drug-likeness (QED) is 0.640. The minimum atomic E-state index is 0.179. The number of H-pyrrole nitrogens is 1. The highest BCUT2D eigenvalue weighted by molar-refractivity contribution is 7.71. The van der Waals surface area contributed by atoms with Gasteiger partial charge in [-0.3, -0.25) is 0 Å². The Labute approximate surface area is 128 Å². The zero-order valence-electron chi connectivity index (χ0n) is 11.4. The third-order valence-electron chi connectivity index (χ3n) is 3.70. The summed E-state index contributed by atoms with van der Waals surface area (Å²) < 4.78 is 2.86. The van der Waals surface area contributed by atoms with E-state index >= 15 is 0 Å². The van der Waals surface area contributed by atoms with E-state index in [9.17, 15) is 0 Å². The van der Waals surface area contributed by atoms with Crippen LogP contribution < -0.4 is 0 Å². The van der Waals surface area contributed by atoms with Crippen LogP contribution in [0, 0.1) is 11.7 Å². The molecule has 1 unspecified atom stereocenters. The van der Waals surface area contributed by atoms with E-state index in [1.165, 1.54) is 11.1 Å². The molecule has 3 rings (SSSR count). The number of halogens is 1. The minimum Gasteiger partial charge on any atom is -0.331 e. The summed E-state index contributed by atoms with van der Waals surface area (Å²) in [6.07, 6.45) is 0. The Balaban J connectivity index is 2.22. The fraction of sp³-hybridized carbons (Fsp3) is 0.188. The first-order chi connectivity index (χ1) is 9.58. The molecule has 0 aliphatic carbocycles. The molecule has 0 fully saturated rings. The molecule has 3 aromatic rings. The van der Waals surface area contributed by atoms with Crippen LogP contribution >= 0.6 is 23.8 Å². The summed E-state index contributed by atoms with van der Waals surface area (Å²) in [6.45, 7) is 4.29. The van der Waals surface area contributed by atoms with Gasteiger partial charge in [0, 0.05) is 5.02 Å². The van der Waals surface area contributed by atoms with Gasteiger partial charge >= 0.3 is 0 Å². The predicted octanol–water partition coefficient (Wildman–Crippen LogP) is 5.27. The zero-order valence-corrected chi connectivity index (χ0v) is 12.9. The first kappa shape index (κ1) is 13.4. The topological polar surface area (TPSA) is 20.7 Å². The number of aromatic nitrogens is 2. The van der Waals surface area contributed by atoms with Crippen molar-refractivity contribution in [1.29, 1.82) is 0 Å². The normalized spacial score (nSPS) is 12.8. The first-order valence-corrected chi connectivity index (χ1v) is 7.32. The van der Waals surface area contributed by atoms with Gasteiger partial charge in [-0.15, -0.1) is 0 Å². The Kier molecular flexibility index (Phi) is 3.40. The van der Waals surface area contributed by atoms with Crippen LogP contribution in [0.25, 0.3) is 11.0 Å². The van der Waals surface area contributed by atoms with Crippen molar-refractivity contribution >= 4 is 34.9 Å². The van der Waals surface area contributed by atoms with Gasteiger partial charge in [-0.05, 0) is 55.4 Å². The number of hydrogen-bond acceptors (Lipinski definition) is 1. The second-order valence-electron chi connectivity index (χ2n) is 4.99. The summed E-state index contributed by atoms with van der Waals surface area (Å²) in [4.78, 5) is 3.23. The third-order valence-corrected chi connectivity index (χ3v) is 4.24. The molecular formula is C16H15ClN2S. The molecule has 0 aliphatic heterocycles. The van der Waals surface area contributed by atoms with Crippen LogP contribution in [0.3, 0.4) is 0 Å². The molecule has 0 bridgehead atoms. The van der Waals surface area contributed by atoms with Crippen LogP contribution in [-0.4, -0.2) is 9.55 Å². The van der Waals surface area contributed by atoms with Crippen molar-refractivity contribution in [2.45, 2.75) is 19.9 Å². The molecule has 2 aromatic carbocycles. The van der Waals surface area contributed by atoms with E-state index in [0.717, 1.165) is 15.8 Å². The average Bonchev–Trinajstić information content (AvgIpc) is 2.73. The largest absolute Gasteiger partial charge is 0.331 e. The molecule has 0 saturated heterocycles. The summed E-state index contributed by atoms with van der Waals surface area (Å²) in [5, 5.41) is 0.712. The Morgan fingerprint density at radius 1 is 1.20 bits per heavy atom. The van der Waals surface area contributed by atoms with Crippen molar-refractivity contribution < 1.29 is 0 Å². The maximum atomic E-state index is 6.04. The Morgan fingerprint density at radius 3 is 2.70 bits per heavy atom. The zero-order chi connectivity index (χ0) is 14.3. The van der Waals surface area contributed by atoms with Crippen LogP contribution in [0.1, 0.15) is 24.1 Å². The standard InChI is InChI=1S/C16H15ClN2S/c1-10-5-3-4-6-13(10)11(2)19-15-8-7-12(17)9-14(15)18-16(19)20/h3-9,11H,1-2H3,(H,18,20). The fourth-order valence-corrected chi connectivity index (χ4v) is 3.22. The number of hydrogen-bond donors (Lipinski definition) is 1. The van der Waals surface area contributed by atoms with Crippen LogP contribution in [0.2, 0.25) is 5.02 Å². The van der Waals surface area contributed by atoms with Gasteiger partial charge in [0.15, 0.2) is 4.77 Å². The van der Waals surface area contributed by atoms with Gasteiger partial charge in [-0.2, -0.15) is 0 Å². The van der Waals surface area contributed by atoms with Crippen LogP contribution in [0.4, 0.5) is 0 Å². The molecule has 0 amide bonds. The molecule has 1 heterocycles. The number of aryl methyl sites for hydroxylation is 1. The number of imidazole rings is 1. The second-order valence-corrected chi connectivity index (χ2v) is 5.82. The van der Waals surface area contributed by atoms with E-state index < -0.39 is 0 Å². The summed E-state index contributed by atoms with van der Waals surface area (Å²) in [5.41, 5.74) is 4.60. The molecule has 20 heavy (non-hydrogen) atoms. The maximum absolute atomic E-state index is 6.04. The van der Waals surface area contributed by atoms with Crippen LogP contribution in [-0.2, 0) is 0 Å². The van der Waals surface area contributed by atoms with Crippen molar-refractivity contribution in [2.24, 2.45) is 0 Å². The lowest BCUT2D eigenvalue weighted by Gasteiger charge is -2.17. The summed E-state index contributed by atoms with van der Waals surface area (Å²) in [5.74, 6) is 0. The number of rotatable bonds is 2. The van der Waals surface area contributed by atoms with Gasteiger partial charge in [0.25, 0.3) is 0 Å². The molecule has 102 valence electrons. The second kappa shape index (κ2) is 5.08. The molecule has 0 saturated carbocycles. The Morgan fingerprint density at radius 2 is 1.95 bits per heavy atom. The lowest BCUT2D eigenvalue weighted by Crippen LogP contribution is -2.08. The number of benzene rings is 2. The fourth-order valence-electron chi connectivity index (χ4n) is 2.68. The van der Waals surface area contributed by atoms with Gasteiger partial charge in [0.1, 0.15) is 0 Å². The molecule has 1 aromatic heterocycles. The molecule has 0 radical (unpaired) electrons. The highest BCUT2D eigenvalue weighted by Crippen LogP contribution is 2.27. The van der Waals surface area contributed by atoms with Gasteiger partial charge in [-0.1, -0.05) is 35.9 Å². The summed E-state index contributed by atoms with van der Waals surface area (Å²) >= 11 is 11.5. The number of aromatic amines is 1. The van der Waals surface area contributed by atoms with Gasteiger partial charge in [0.05, 0.1) is 17.1 Å². The van der Waals surface area contributed by atoms with Crippen molar-refractivity contribution in [3.63, 3.8) is 0 Å². The summed E-state index contributed by atoms with van der Waals surface area (Å²) in [6, 6.07) is 14.4. The van der Waals surface area contributed by atoms with Gasteiger partial charge < -0.3 is 9.55 Å². The van der Waals surface area contributed by atoms with Crippen molar-refractivity contribution in [2.75, 3.05) is 0 Å². The van der Waals surface area contributed by atoms with Crippen molar-refractivity contribution in [3.8, 4) is 0 Å². The average molecular weight is 303 g/mol. The highest BCUT2D eigenvalue weighted by atomic mass is 35.5. The summed E-state index contributed by atoms with van der Waals surface area (Å²) in [7, 11) is 0. The highest BCUT2D eigenvalue weighted by Gasteiger charge is 2.14. The lowest BCUT2D eigenvalue weighted by molar-refractivity contribution is 0.645. The van der Waals surface area contributed by atoms with Crippen LogP contribution in [0.15, 0.2) is 42.5 Å². The van der Waals surface area contributed by atoms with Crippen molar-refractivity contribution in [3.05, 3.63) is 63.4 Å². The Bertz CT molecular complexity index is 832. The third kappa shape index (κ3) is 2.17. The molecule has 4 heteroatoms. The molecule has 2 nitrogen and oxygen atoms in total. The van der Waals surface area contributed by atoms with Crippen molar-refractivity contribution in [1.82, 2.24) is 9.55 Å². The smallest absolute Gasteiger partial charge is 0.178 e. The molecule has 0 aliphatic rings. The molecular weight excluding hydrogens is 288 g/mol. The van der Waals surface area contributed by atoms with E-state index in [0.29, 0.717) is 5.02 Å². The van der Waals surface area contributed by atoms with Gasteiger partial charge in [-0.25, -0.2) is 0 Å². The molecule has 0 spiro atoms. The lowest BCUT2D eigenvalue weighted by atomic mass is 10.0.